The fourth-order valence-corrected chi connectivity index (χ4v) is 1.23. The molecule has 0 aliphatic carbocycles. The molecule has 0 aliphatic heterocycles. The predicted octanol–water partition coefficient (Wildman–Crippen LogP) is 0.879. The second-order valence-corrected chi connectivity index (χ2v) is 3.18. The van der Waals surface area contributed by atoms with E-state index in [0.29, 0.717) is 5.95 Å². The molecule has 0 bridgehead atoms. The average molecular weight is 184 g/mol. The monoisotopic (exact) mass is 184 g/mol. The van der Waals surface area contributed by atoms with E-state index in [1.54, 1.807) is 11.8 Å². The van der Waals surface area contributed by atoms with Crippen LogP contribution >= 0.6 is 11.8 Å². The van der Waals surface area contributed by atoms with Gasteiger partial charge in [-0.3, -0.25) is 0 Å². The van der Waals surface area contributed by atoms with E-state index in [1.165, 1.54) is 0 Å². The smallest absolute Gasteiger partial charge is 0.223 e. The lowest BCUT2D eigenvalue weighted by atomic mass is 10.4. The number of anilines is 1. The Bertz CT molecular complexity index is 264. The number of aromatic nitrogens is 3. The molecule has 0 unspecified atom stereocenters. The van der Waals surface area contributed by atoms with Crippen molar-refractivity contribution in [3.8, 4) is 0 Å². The highest BCUT2D eigenvalue weighted by Gasteiger charge is 2.01. The van der Waals surface area contributed by atoms with Crippen LogP contribution in [-0.2, 0) is 12.2 Å². The van der Waals surface area contributed by atoms with Crippen molar-refractivity contribution < 1.29 is 0 Å². The van der Waals surface area contributed by atoms with E-state index in [0.717, 1.165) is 23.8 Å². The van der Waals surface area contributed by atoms with E-state index in [2.05, 4.69) is 15.0 Å². The van der Waals surface area contributed by atoms with E-state index in [-0.39, 0.29) is 0 Å². The van der Waals surface area contributed by atoms with Gasteiger partial charge in [0.2, 0.25) is 5.95 Å². The summed E-state index contributed by atoms with van der Waals surface area (Å²) in [6.07, 6.45) is 2.81. The Hall–Kier alpha value is -0.840. The first-order valence-electron chi connectivity index (χ1n) is 3.74. The normalized spacial score (nSPS) is 10.2. The van der Waals surface area contributed by atoms with E-state index < -0.39 is 0 Å². The molecule has 0 radical (unpaired) electrons. The van der Waals surface area contributed by atoms with Gasteiger partial charge >= 0.3 is 0 Å². The highest BCUT2D eigenvalue weighted by molar-refractivity contribution is 7.97. The molecule has 0 saturated heterocycles. The van der Waals surface area contributed by atoms with Gasteiger partial charge in [-0.05, 0) is 6.26 Å². The largest absolute Gasteiger partial charge is 0.368 e. The molecule has 0 atom stereocenters. The molecule has 0 fully saturated rings. The van der Waals surface area contributed by atoms with E-state index >= 15 is 0 Å². The van der Waals surface area contributed by atoms with Gasteiger partial charge in [-0.15, -0.1) is 0 Å². The number of nitrogens with zero attached hydrogens (tertiary/aromatic N) is 3. The molecule has 0 amide bonds. The van der Waals surface area contributed by atoms with Crippen LogP contribution in [0.5, 0.6) is 0 Å². The lowest BCUT2D eigenvalue weighted by molar-refractivity contribution is 0.867. The summed E-state index contributed by atoms with van der Waals surface area (Å²) in [7, 11) is 0. The van der Waals surface area contributed by atoms with Crippen molar-refractivity contribution in [3.63, 3.8) is 0 Å². The van der Waals surface area contributed by atoms with Crippen LogP contribution in [-0.4, -0.2) is 21.2 Å². The van der Waals surface area contributed by atoms with Crippen molar-refractivity contribution in [1.29, 1.82) is 0 Å². The topological polar surface area (TPSA) is 64.7 Å². The first-order valence-corrected chi connectivity index (χ1v) is 5.14. The van der Waals surface area contributed by atoms with Gasteiger partial charge in [0.1, 0.15) is 11.6 Å². The molecule has 1 aromatic rings. The lowest BCUT2D eigenvalue weighted by Gasteiger charge is -2.00. The van der Waals surface area contributed by atoms with Crippen molar-refractivity contribution in [2.24, 2.45) is 0 Å². The summed E-state index contributed by atoms with van der Waals surface area (Å²) in [5.74, 6) is 2.66. The zero-order chi connectivity index (χ0) is 8.97. The summed E-state index contributed by atoms with van der Waals surface area (Å²) in [6, 6.07) is 0. The number of hydrogen-bond donors (Lipinski definition) is 1. The molecule has 1 rings (SSSR count). The minimum Gasteiger partial charge on any atom is -0.368 e. The minimum absolute atomic E-state index is 0.325. The number of rotatable bonds is 3. The fraction of sp³-hybridized carbons (Fsp3) is 0.571. The summed E-state index contributed by atoms with van der Waals surface area (Å²) in [5.41, 5.74) is 5.49. The third-order valence-corrected chi connectivity index (χ3v) is 1.88. The SMILES string of the molecule is CCc1nc(N)nc(CSC)n1. The number of nitrogens with two attached hydrogens (primary N) is 1. The van der Waals surface area contributed by atoms with Gasteiger partial charge in [0.05, 0.1) is 5.75 Å². The molecule has 1 aromatic heterocycles. The Labute approximate surface area is 76.0 Å². The van der Waals surface area contributed by atoms with Gasteiger partial charge in [-0.25, -0.2) is 4.98 Å². The summed E-state index contributed by atoms with van der Waals surface area (Å²) in [4.78, 5) is 12.2. The molecule has 0 aromatic carbocycles. The zero-order valence-electron chi connectivity index (χ0n) is 7.24. The summed E-state index contributed by atoms with van der Waals surface area (Å²) >= 11 is 1.67. The van der Waals surface area contributed by atoms with E-state index in [9.17, 15) is 0 Å². The maximum absolute atomic E-state index is 5.49. The summed E-state index contributed by atoms with van der Waals surface area (Å²) in [5, 5.41) is 0. The molecule has 1 heterocycles. The quantitative estimate of drug-likeness (QED) is 0.755. The molecule has 12 heavy (non-hydrogen) atoms. The van der Waals surface area contributed by atoms with Crippen molar-refractivity contribution in [2.45, 2.75) is 19.1 Å². The van der Waals surface area contributed by atoms with Crippen LogP contribution in [0, 0.1) is 0 Å². The van der Waals surface area contributed by atoms with Gasteiger partial charge in [0.25, 0.3) is 0 Å². The Kier molecular flexibility index (Phi) is 3.28. The van der Waals surface area contributed by atoms with Crippen LogP contribution in [0.25, 0.3) is 0 Å². The van der Waals surface area contributed by atoms with Crippen LogP contribution in [0.15, 0.2) is 0 Å². The van der Waals surface area contributed by atoms with Gasteiger partial charge in [0, 0.05) is 6.42 Å². The van der Waals surface area contributed by atoms with Gasteiger partial charge < -0.3 is 5.73 Å². The molecule has 2 N–H and O–H groups in total. The summed E-state index contributed by atoms with van der Waals surface area (Å²) < 4.78 is 0. The molecule has 66 valence electrons. The van der Waals surface area contributed by atoms with Crippen LogP contribution in [0.3, 0.4) is 0 Å². The Morgan fingerprint density at radius 3 is 2.50 bits per heavy atom. The Morgan fingerprint density at radius 2 is 1.92 bits per heavy atom. The number of nitrogen functional groups attached to an aromatic ring is 1. The van der Waals surface area contributed by atoms with Crippen LogP contribution in [0.1, 0.15) is 18.6 Å². The minimum atomic E-state index is 0.325. The predicted molar refractivity (Wildman–Crippen MR) is 50.8 cm³/mol. The molecular weight excluding hydrogens is 172 g/mol. The Morgan fingerprint density at radius 1 is 1.25 bits per heavy atom. The maximum Gasteiger partial charge on any atom is 0.223 e. The highest BCUT2D eigenvalue weighted by atomic mass is 32.2. The third-order valence-electron chi connectivity index (χ3n) is 1.33. The molecule has 5 heteroatoms. The van der Waals surface area contributed by atoms with Gasteiger partial charge in [0.15, 0.2) is 0 Å². The zero-order valence-corrected chi connectivity index (χ0v) is 8.06. The Balaban J connectivity index is 2.90. The second kappa shape index (κ2) is 4.25. The van der Waals surface area contributed by atoms with E-state index in [4.69, 9.17) is 5.73 Å². The number of thioether (sulfide) groups is 1. The van der Waals surface area contributed by atoms with Crippen molar-refractivity contribution in [1.82, 2.24) is 15.0 Å². The molecule has 0 aliphatic rings. The van der Waals surface area contributed by atoms with E-state index in [1.807, 2.05) is 13.2 Å². The standard InChI is InChI=1S/C7H12N4S/c1-3-5-9-6(4-12-2)11-7(8)10-5/h3-4H2,1-2H3,(H2,8,9,10,11). The van der Waals surface area contributed by atoms with Crippen molar-refractivity contribution >= 4 is 17.7 Å². The van der Waals surface area contributed by atoms with Crippen LogP contribution < -0.4 is 5.73 Å². The number of hydrogen-bond acceptors (Lipinski definition) is 5. The van der Waals surface area contributed by atoms with Gasteiger partial charge in [-0.1, -0.05) is 6.92 Å². The maximum atomic E-state index is 5.49. The lowest BCUT2D eigenvalue weighted by Crippen LogP contribution is -2.05. The average Bonchev–Trinajstić information content (AvgIpc) is 2.04. The summed E-state index contributed by atoms with van der Waals surface area (Å²) in [6.45, 7) is 2.00. The molecule has 4 nitrogen and oxygen atoms in total. The highest BCUT2D eigenvalue weighted by Crippen LogP contribution is 2.05. The van der Waals surface area contributed by atoms with Crippen molar-refractivity contribution in [2.75, 3.05) is 12.0 Å². The van der Waals surface area contributed by atoms with Crippen molar-refractivity contribution in [3.05, 3.63) is 11.6 Å². The fourth-order valence-electron chi connectivity index (χ4n) is 0.840. The first kappa shape index (κ1) is 9.25. The second-order valence-electron chi connectivity index (χ2n) is 2.31. The first-order chi connectivity index (χ1) is 5.76. The number of aryl methyl sites for hydroxylation is 1. The third kappa shape index (κ3) is 2.34. The van der Waals surface area contributed by atoms with Gasteiger partial charge in [-0.2, -0.15) is 21.7 Å². The van der Waals surface area contributed by atoms with Crippen LogP contribution in [0.2, 0.25) is 0 Å². The van der Waals surface area contributed by atoms with Crippen LogP contribution in [0.4, 0.5) is 5.95 Å². The molecule has 0 saturated carbocycles. The molecule has 0 spiro atoms. The molecular formula is C7H12N4S.